The molecular formula is C23H25N3O. The van der Waals surface area contributed by atoms with Crippen molar-refractivity contribution in [2.45, 2.75) is 13.0 Å². The van der Waals surface area contributed by atoms with E-state index in [0.717, 1.165) is 24.2 Å². The van der Waals surface area contributed by atoms with Crippen LogP contribution in [0, 0.1) is 0 Å². The van der Waals surface area contributed by atoms with E-state index in [1.165, 1.54) is 5.56 Å². The Morgan fingerprint density at radius 2 is 1.48 bits per heavy atom. The Morgan fingerprint density at radius 3 is 2.15 bits per heavy atom. The van der Waals surface area contributed by atoms with Gasteiger partial charge in [0.25, 0.3) is 0 Å². The number of nitrogens with zero attached hydrogens (tertiary/aromatic N) is 3. The molecule has 0 spiro atoms. The van der Waals surface area contributed by atoms with E-state index in [4.69, 9.17) is 0 Å². The highest BCUT2D eigenvalue weighted by Gasteiger charge is 2.17. The van der Waals surface area contributed by atoms with Gasteiger partial charge in [-0.2, -0.15) is 0 Å². The number of carbonyl (C=O) groups excluding carboxylic acids is 1. The van der Waals surface area contributed by atoms with Crippen LogP contribution in [0.15, 0.2) is 85.2 Å². The quantitative estimate of drug-likeness (QED) is 0.614. The predicted octanol–water partition coefficient (Wildman–Crippen LogP) is 3.79. The van der Waals surface area contributed by atoms with Gasteiger partial charge in [0.2, 0.25) is 5.91 Å². The number of hydrogen-bond donors (Lipinski definition) is 0. The maximum Gasteiger partial charge on any atom is 0.241 e. The minimum atomic E-state index is 0.0993. The lowest BCUT2D eigenvalue weighted by molar-refractivity contribution is -0.119. The molecule has 1 amide bonds. The molecule has 0 bridgehead atoms. The van der Waals surface area contributed by atoms with Crippen molar-refractivity contribution in [3.05, 3.63) is 96.3 Å². The summed E-state index contributed by atoms with van der Waals surface area (Å²) >= 11 is 0. The van der Waals surface area contributed by atoms with Gasteiger partial charge < -0.3 is 4.90 Å². The fourth-order valence-corrected chi connectivity index (χ4v) is 2.96. The number of pyridine rings is 1. The van der Waals surface area contributed by atoms with E-state index in [2.05, 4.69) is 22.0 Å². The Kier molecular flexibility index (Phi) is 6.72. The number of amides is 1. The molecule has 0 fully saturated rings. The summed E-state index contributed by atoms with van der Waals surface area (Å²) < 4.78 is 0. The zero-order chi connectivity index (χ0) is 18.9. The number of rotatable bonds is 8. The molecule has 2 aromatic carbocycles. The predicted molar refractivity (Wildman–Crippen MR) is 110 cm³/mol. The van der Waals surface area contributed by atoms with Gasteiger partial charge in [0.15, 0.2) is 0 Å². The summed E-state index contributed by atoms with van der Waals surface area (Å²) in [5.41, 5.74) is 3.27. The highest BCUT2D eigenvalue weighted by Crippen LogP contribution is 2.17. The van der Waals surface area contributed by atoms with E-state index in [0.29, 0.717) is 13.1 Å². The summed E-state index contributed by atoms with van der Waals surface area (Å²) in [4.78, 5) is 21.0. The van der Waals surface area contributed by atoms with Crippen molar-refractivity contribution in [3.8, 4) is 0 Å². The van der Waals surface area contributed by atoms with E-state index < -0.39 is 0 Å². The molecule has 0 saturated carbocycles. The second kappa shape index (κ2) is 9.64. The van der Waals surface area contributed by atoms with Crippen LogP contribution in [0.4, 0.5) is 5.69 Å². The zero-order valence-corrected chi connectivity index (χ0v) is 15.7. The van der Waals surface area contributed by atoms with Crippen LogP contribution in [0.25, 0.3) is 0 Å². The van der Waals surface area contributed by atoms with E-state index >= 15 is 0 Å². The van der Waals surface area contributed by atoms with Crippen molar-refractivity contribution >= 4 is 11.6 Å². The van der Waals surface area contributed by atoms with Crippen LogP contribution in [0.1, 0.15) is 11.1 Å². The summed E-state index contributed by atoms with van der Waals surface area (Å²) in [6.45, 7) is 1.78. The fourth-order valence-electron chi connectivity index (χ4n) is 2.96. The van der Waals surface area contributed by atoms with Crippen LogP contribution in [0.5, 0.6) is 0 Å². The molecule has 3 rings (SSSR count). The average Bonchev–Trinajstić information content (AvgIpc) is 2.72. The first kappa shape index (κ1) is 18.8. The molecule has 0 N–H and O–H groups in total. The first-order chi connectivity index (χ1) is 13.2. The van der Waals surface area contributed by atoms with Gasteiger partial charge in [-0.25, -0.2) is 0 Å². The van der Waals surface area contributed by atoms with Gasteiger partial charge in [-0.1, -0.05) is 48.5 Å². The highest BCUT2D eigenvalue weighted by molar-refractivity contribution is 5.94. The molecule has 0 aliphatic heterocycles. The second-order valence-electron chi connectivity index (χ2n) is 6.64. The number of carbonyl (C=O) groups is 1. The minimum absolute atomic E-state index is 0.0993. The minimum Gasteiger partial charge on any atom is -0.307 e. The lowest BCUT2D eigenvalue weighted by atomic mass is 10.2. The third kappa shape index (κ3) is 5.76. The second-order valence-corrected chi connectivity index (χ2v) is 6.64. The maximum atomic E-state index is 13.0. The summed E-state index contributed by atoms with van der Waals surface area (Å²) in [6, 6.07) is 24.0. The monoisotopic (exact) mass is 359 g/mol. The molecule has 0 unspecified atom stereocenters. The van der Waals surface area contributed by atoms with Crippen LogP contribution in [-0.4, -0.2) is 35.9 Å². The molecule has 138 valence electrons. The Hall–Kier alpha value is -2.98. The van der Waals surface area contributed by atoms with Crippen molar-refractivity contribution in [2.24, 2.45) is 0 Å². The number of para-hydroxylation sites is 1. The summed E-state index contributed by atoms with van der Waals surface area (Å²) in [7, 11) is 1.99. The molecule has 27 heavy (non-hydrogen) atoms. The average molecular weight is 359 g/mol. The molecule has 3 aromatic rings. The van der Waals surface area contributed by atoms with Crippen LogP contribution in [0.3, 0.4) is 0 Å². The van der Waals surface area contributed by atoms with Crippen molar-refractivity contribution in [1.82, 2.24) is 9.88 Å². The van der Waals surface area contributed by atoms with Crippen molar-refractivity contribution < 1.29 is 4.79 Å². The van der Waals surface area contributed by atoms with Gasteiger partial charge >= 0.3 is 0 Å². The molecule has 4 heteroatoms. The van der Waals surface area contributed by atoms with Crippen LogP contribution >= 0.6 is 0 Å². The molecule has 0 aliphatic rings. The first-order valence-corrected chi connectivity index (χ1v) is 9.19. The van der Waals surface area contributed by atoms with Crippen molar-refractivity contribution in [3.63, 3.8) is 0 Å². The number of hydrogen-bond acceptors (Lipinski definition) is 3. The molecule has 0 radical (unpaired) electrons. The lowest BCUT2D eigenvalue weighted by Gasteiger charge is -2.26. The topological polar surface area (TPSA) is 36.4 Å². The molecule has 0 atom stereocenters. The van der Waals surface area contributed by atoms with Crippen LogP contribution < -0.4 is 4.90 Å². The first-order valence-electron chi connectivity index (χ1n) is 9.19. The van der Waals surface area contributed by atoms with Crippen molar-refractivity contribution in [1.29, 1.82) is 0 Å². The smallest absolute Gasteiger partial charge is 0.241 e. The maximum absolute atomic E-state index is 13.0. The summed E-state index contributed by atoms with van der Waals surface area (Å²) in [5.74, 6) is 0.0993. The lowest BCUT2D eigenvalue weighted by Crippen LogP contribution is -2.39. The van der Waals surface area contributed by atoms with Crippen molar-refractivity contribution in [2.75, 3.05) is 25.0 Å². The van der Waals surface area contributed by atoms with E-state index in [1.807, 2.05) is 72.6 Å². The Balaban J connectivity index is 1.65. The van der Waals surface area contributed by atoms with Gasteiger partial charge in [0.1, 0.15) is 0 Å². The Bertz CT molecular complexity index is 822. The van der Waals surface area contributed by atoms with Crippen LogP contribution in [-0.2, 0) is 17.8 Å². The summed E-state index contributed by atoms with van der Waals surface area (Å²) in [6.07, 6.45) is 4.51. The highest BCUT2D eigenvalue weighted by atomic mass is 16.2. The third-order valence-electron chi connectivity index (χ3n) is 4.49. The largest absolute Gasteiger partial charge is 0.307 e. The Labute approximate surface area is 161 Å². The van der Waals surface area contributed by atoms with Gasteiger partial charge in [0, 0.05) is 24.6 Å². The van der Waals surface area contributed by atoms with Gasteiger partial charge in [-0.15, -0.1) is 0 Å². The standard InChI is InChI=1S/C23H25N3O/c1-25(17-14-20-12-15-24-16-13-20)19-23(27)26(22-10-6-3-7-11-22)18-21-8-4-2-5-9-21/h2-13,15-16H,14,17-19H2,1H3. The number of likely N-dealkylation sites (N-methyl/N-ethyl adjacent to an activating group) is 1. The molecule has 1 aromatic heterocycles. The SMILES string of the molecule is CN(CCc1ccncc1)CC(=O)N(Cc1ccccc1)c1ccccc1. The third-order valence-corrected chi connectivity index (χ3v) is 4.49. The van der Waals surface area contributed by atoms with Crippen LogP contribution in [0.2, 0.25) is 0 Å². The zero-order valence-electron chi connectivity index (χ0n) is 15.7. The molecule has 1 heterocycles. The molecule has 0 aliphatic carbocycles. The molecule has 4 nitrogen and oxygen atoms in total. The fraction of sp³-hybridized carbons (Fsp3) is 0.217. The molecule has 0 saturated heterocycles. The Morgan fingerprint density at radius 1 is 0.852 bits per heavy atom. The van der Waals surface area contributed by atoms with E-state index in [-0.39, 0.29) is 5.91 Å². The summed E-state index contributed by atoms with van der Waals surface area (Å²) in [5, 5.41) is 0. The number of benzene rings is 2. The van der Waals surface area contributed by atoms with E-state index in [9.17, 15) is 4.79 Å². The van der Waals surface area contributed by atoms with Gasteiger partial charge in [-0.05, 0) is 48.9 Å². The van der Waals surface area contributed by atoms with Gasteiger partial charge in [-0.3, -0.25) is 14.7 Å². The number of anilines is 1. The van der Waals surface area contributed by atoms with E-state index in [1.54, 1.807) is 12.4 Å². The number of aromatic nitrogens is 1. The van der Waals surface area contributed by atoms with Gasteiger partial charge in [0.05, 0.1) is 13.1 Å². The molecular weight excluding hydrogens is 334 g/mol. The normalized spacial score (nSPS) is 10.7.